The molecule has 0 bridgehead atoms. The van der Waals surface area contributed by atoms with Crippen molar-refractivity contribution in [3.8, 4) is 5.75 Å². The van der Waals surface area contributed by atoms with Gasteiger partial charge in [0, 0.05) is 18.7 Å². The minimum Gasteiger partial charge on any atom is -0.478 e. The first-order valence-electron chi connectivity index (χ1n) is 9.56. The average Bonchev–Trinajstić information content (AvgIpc) is 3.43. The summed E-state index contributed by atoms with van der Waals surface area (Å²) >= 11 is 0. The fourth-order valence-corrected chi connectivity index (χ4v) is 3.64. The molecule has 2 aliphatic rings. The van der Waals surface area contributed by atoms with Crippen molar-refractivity contribution in [3.05, 3.63) is 47.9 Å². The van der Waals surface area contributed by atoms with Gasteiger partial charge >= 0.3 is 0 Å². The number of carbonyl (C=O) groups is 3. The van der Waals surface area contributed by atoms with Crippen LogP contribution in [-0.4, -0.2) is 48.2 Å². The van der Waals surface area contributed by atoms with Crippen LogP contribution in [0, 0.1) is 0 Å². The molecule has 1 aromatic carbocycles. The van der Waals surface area contributed by atoms with Gasteiger partial charge in [0.25, 0.3) is 5.91 Å². The highest BCUT2D eigenvalue weighted by Crippen LogP contribution is 2.36. The first kappa shape index (κ1) is 18.3. The minimum absolute atomic E-state index is 0.0515. The first-order chi connectivity index (χ1) is 13.6. The molecule has 3 heterocycles. The number of nitrogens with zero attached hydrogens (tertiary/aromatic N) is 2. The van der Waals surface area contributed by atoms with Gasteiger partial charge in [-0.3, -0.25) is 19.3 Å². The van der Waals surface area contributed by atoms with Crippen molar-refractivity contribution >= 4 is 23.3 Å². The van der Waals surface area contributed by atoms with Gasteiger partial charge < -0.3 is 14.1 Å². The topological polar surface area (TPSA) is 80.1 Å². The molecule has 0 unspecified atom stereocenters. The molecule has 7 nitrogen and oxygen atoms in total. The van der Waals surface area contributed by atoms with Crippen LogP contribution in [0.5, 0.6) is 5.75 Å². The van der Waals surface area contributed by atoms with Crippen molar-refractivity contribution < 1.29 is 23.5 Å². The van der Waals surface area contributed by atoms with Crippen molar-refractivity contribution in [3.63, 3.8) is 0 Å². The lowest BCUT2D eigenvalue weighted by Crippen LogP contribution is -2.50. The number of benzene rings is 1. The maximum atomic E-state index is 12.9. The number of hydrogen-bond acceptors (Lipinski definition) is 5. The van der Waals surface area contributed by atoms with Crippen molar-refractivity contribution in [2.24, 2.45) is 0 Å². The largest absolute Gasteiger partial charge is 0.478 e. The van der Waals surface area contributed by atoms with Crippen LogP contribution in [-0.2, 0) is 9.59 Å². The molecule has 1 atom stereocenters. The monoisotopic (exact) mass is 382 g/mol. The zero-order valence-electron chi connectivity index (χ0n) is 15.7. The number of rotatable bonds is 5. The Labute approximate surface area is 162 Å². The molecule has 2 aromatic rings. The van der Waals surface area contributed by atoms with Crippen LogP contribution in [0.1, 0.15) is 42.3 Å². The zero-order chi connectivity index (χ0) is 19.7. The predicted molar refractivity (Wildman–Crippen MR) is 101 cm³/mol. The third-order valence-electron chi connectivity index (χ3n) is 5.19. The van der Waals surface area contributed by atoms with Crippen LogP contribution in [0.15, 0.2) is 41.0 Å². The number of furan rings is 1. The van der Waals surface area contributed by atoms with E-state index in [0.29, 0.717) is 23.4 Å². The van der Waals surface area contributed by atoms with E-state index in [4.69, 9.17) is 9.15 Å². The molecule has 1 fully saturated rings. The highest BCUT2D eigenvalue weighted by atomic mass is 16.5. The van der Waals surface area contributed by atoms with Crippen LogP contribution in [0.4, 0.5) is 5.69 Å². The van der Waals surface area contributed by atoms with Gasteiger partial charge in [0.2, 0.25) is 11.7 Å². The molecule has 0 spiro atoms. The quantitative estimate of drug-likeness (QED) is 0.743. The van der Waals surface area contributed by atoms with Crippen molar-refractivity contribution in [1.29, 1.82) is 0 Å². The summed E-state index contributed by atoms with van der Waals surface area (Å²) in [4.78, 5) is 41.4. The maximum Gasteiger partial charge on any atom is 0.268 e. The van der Waals surface area contributed by atoms with Gasteiger partial charge in [-0.1, -0.05) is 6.92 Å². The molecule has 2 amide bonds. The third kappa shape index (κ3) is 3.28. The lowest BCUT2D eigenvalue weighted by atomic mass is 10.0. The molecule has 0 saturated carbocycles. The van der Waals surface area contributed by atoms with Crippen molar-refractivity contribution in [1.82, 2.24) is 4.90 Å². The van der Waals surface area contributed by atoms with Crippen LogP contribution >= 0.6 is 0 Å². The summed E-state index contributed by atoms with van der Waals surface area (Å²) in [5, 5.41) is 0. The summed E-state index contributed by atoms with van der Waals surface area (Å²) in [6, 6.07) is 8.15. The Bertz CT molecular complexity index is 900. The number of ether oxygens (including phenoxy) is 1. The summed E-state index contributed by atoms with van der Waals surface area (Å²) in [5.74, 6) is 0.0796. The molecule has 0 N–H and O–H groups in total. The summed E-state index contributed by atoms with van der Waals surface area (Å²) in [5.41, 5.74) is 0.818. The molecule has 146 valence electrons. The summed E-state index contributed by atoms with van der Waals surface area (Å²) in [7, 11) is 0. The molecular formula is C21H22N2O5. The minimum atomic E-state index is -0.634. The van der Waals surface area contributed by atoms with Crippen LogP contribution in [0.2, 0.25) is 0 Å². The second-order valence-electron chi connectivity index (χ2n) is 7.02. The van der Waals surface area contributed by atoms with Crippen LogP contribution in [0.3, 0.4) is 0 Å². The normalized spacial score (nSPS) is 18.8. The smallest absolute Gasteiger partial charge is 0.268 e. The number of anilines is 1. The van der Waals surface area contributed by atoms with E-state index in [0.717, 1.165) is 25.9 Å². The van der Waals surface area contributed by atoms with Gasteiger partial charge in [-0.25, -0.2) is 0 Å². The Morgan fingerprint density at radius 3 is 2.64 bits per heavy atom. The highest BCUT2D eigenvalue weighted by Gasteiger charge is 2.36. The molecular weight excluding hydrogens is 360 g/mol. The molecule has 1 aromatic heterocycles. The SMILES string of the molecule is CC[C@H]1Oc2ccc(C(=O)c3ccco3)cc2N(CC(=O)N2CCCC2)C1=O. The van der Waals surface area contributed by atoms with Gasteiger partial charge in [0.15, 0.2) is 11.9 Å². The Balaban J connectivity index is 1.67. The van der Waals surface area contributed by atoms with Crippen LogP contribution in [0.25, 0.3) is 0 Å². The Hall–Kier alpha value is -3.09. The lowest BCUT2D eigenvalue weighted by Gasteiger charge is -2.34. The van der Waals surface area contributed by atoms with Crippen molar-refractivity contribution in [2.75, 3.05) is 24.5 Å². The van der Waals surface area contributed by atoms with Gasteiger partial charge in [0.1, 0.15) is 12.3 Å². The van der Waals surface area contributed by atoms with E-state index in [1.807, 2.05) is 6.92 Å². The number of carbonyl (C=O) groups excluding carboxylic acids is 3. The summed E-state index contributed by atoms with van der Waals surface area (Å²) in [6.07, 6.45) is 3.27. The Morgan fingerprint density at radius 1 is 1.18 bits per heavy atom. The molecule has 0 aliphatic carbocycles. The molecule has 2 aliphatic heterocycles. The highest BCUT2D eigenvalue weighted by molar-refractivity contribution is 6.10. The van der Waals surface area contributed by atoms with Gasteiger partial charge in [-0.05, 0) is 49.6 Å². The predicted octanol–water partition coefficient (Wildman–Crippen LogP) is 2.64. The fourth-order valence-electron chi connectivity index (χ4n) is 3.64. The van der Waals surface area contributed by atoms with E-state index in [1.54, 1.807) is 35.2 Å². The average molecular weight is 382 g/mol. The van der Waals surface area contributed by atoms with E-state index in [1.165, 1.54) is 11.2 Å². The lowest BCUT2D eigenvalue weighted by molar-refractivity contribution is -0.132. The molecule has 7 heteroatoms. The summed E-state index contributed by atoms with van der Waals surface area (Å²) < 4.78 is 11.0. The van der Waals surface area contributed by atoms with Crippen molar-refractivity contribution in [2.45, 2.75) is 32.3 Å². The zero-order valence-corrected chi connectivity index (χ0v) is 15.7. The van der Waals surface area contributed by atoms with Crippen LogP contribution < -0.4 is 9.64 Å². The molecule has 4 rings (SSSR count). The van der Waals surface area contributed by atoms with E-state index in [-0.39, 0.29) is 29.9 Å². The fraction of sp³-hybridized carbons (Fsp3) is 0.381. The Morgan fingerprint density at radius 2 is 1.96 bits per heavy atom. The second kappa shape index (κ2) is 7.50. The van der Waals surface area contributed by atoms with E-state index in [2.05, 4.69) is 0 Å². The van der Waals surface area contributed by atoms with E-state index < -0.39 is 6.10 Å². The Kier molecular flexibility index (Phi) is 4.90. The van der Waals surface area contributed by atoms with Gasteiger partial charge in [0.05, 0.1) is 12.0 Å². The first-order valence-corrected chi connectivity index (χ1v) is 9.56. The number of fused-ring (bicyclic) bond motifs is 1. The standard InChI is InChI=1S/C21H22N2O5/c1-2-16-21(26)23(13-19(24)22-9-3-4-10-22)15-12-14(7-8-17(15)28-16)20(25)18-6-5-11-27-18/h5-8,11-12,16H,2-4,9-10,13H2,1H3/t16-/m1/s1. The van der Waals surface area contributed by atoms with E-state index >= 15 is 0 Å². The van der Waals surface area contributed by atoms with Gasteiger partial charge in [-0.15, -0.1) is 0 Å². The molecule has 28 heavy (non-hydrogen) atoms. The second-order valence-corrected chi connectivity index (χ2v) is 7.02. The number of amides is 2. The molecule has 1 saturated heterocycles. The number of likely N-dealkylation sites (tertiary alicyclic amines) is 1. The van der Waals surface area contributed by atoms with E-state index in [9.17, 15) is 14.4 Å². The summed E-state index contributed by atoms with van der Waals surface area (Å²) in [6.45, 7) is 3.25. The maximum absolute atomic E-state index is 12.9. The van der Waals surface area contributed by atoms with Gasteiger partial charge in [-0.2, -0.15) is 0 Å². The number of hydrogen-bond donors (Lipinski definition) is 0. The third-order valence-corrected chi connectivity index (χ3v) is 5.19. The number of ketones is 1. The molecule has 0 radical (unpaired) electrons.